The first-order valence-electron chi connectivity index (χ1n) is 8.05. The molecule has 1 atom stereocenters. The van der Waals surface area contributed by atoms with Gasteiger partial charge in [-0.05, 0) is 42.7 Å². The summed E-state index contributed by atoms with van der Waals surface area (Å²) in [5, 5.41) is 5.98. The second-order valence-electron chi connectivity index (χ2n) is 5.80. The molecule has 0 radical (unpaired) electrons. The van der Waals surface area contributed by atoms with Crippen molar-refractivity contribution in [1.82, 2.24) is 4.98 Å². The van der Waals surface area contributed by atoms with Crippen LogP contribution >= 0.6 is 0 Å². The maximum Gasteiger partial charge on any atom is 0.228 e. The number of benzene rings is 1. The molecule has 1 unspecified atom stereocenters. The van der Waals surface area contributed by atoms with E-state index in [0.29, 0.717) is 11.3 Å². The molecule has 1 saturated heterocycles. The number of hydrogen-bond acceptors (Lipinski definition) is 4. The zero-order chi connectivity index (χ0) is 16.8. The minimum atomic E-state index is -0.344. The summed E-state index contributed by atoms with van der Waals surface area (Å²) < 4.78 is 18.7. The third-order valence-electron chi connectivity index (χ3n) is 3.84. The lowest BCUT2D eigenvalue weighted by Gasteiger charge is -2.11. The van der Waals surface area contributed by atoms with Crippen LogP contribution in [0.15, 0.2) is 42.6 Å². The van der Waals surface area contributed by atoms with Gasteiger partial charge in [-0.1, -0.05) is 12.1 Å². The van der Waals surface area contributed by atoms with Gasteiger partial charge in [-0.2, -0.15) is 0 Å². The number of carbonyl (C=O) groups excluding carboxylic acids is 1. The van der Waals surface area contributed by atoms with Crippen molar-refractivity contribution in [3.05, 3.63) is 54.0 Å². The molecule has 1 amide bonds. The van der Waals surface area contributed by atoms with Crippen LogP contribution in [0.1, 0.15) is 18.4 Å². The van der Waals surface area contributed by atoms with E-state index in [4.69, 9.17) is 4.74 Å². The quantitative estimate of drug-likeness (QED) is 0.855. The van der Waals surface area contributed by atoms with Gasteiger partial charge >= 0.3 is 0 Å². The fourth-order valence-electron chi connectivity index (χ4n) is 2.63. The average Bonchev–Trinajstić information content (AvgIpc) is 3.07. The lowest BCUT2D eigenvalue weighted by Crippen LogP contribution is -2.19. The Balaban J connectivity index is 1.49. The molecule has 1 aliphatic heterocycles. The zero-order valence-corrected chi connectivity index (χ0v) is 13.3. The smallest absolute Gasteiger partial charge is 0.228 e. The van der Waals surface area contributed by atoms with Gasteiger partial charge in [-0.25, -0.2) is 9.37 Å². The number of nitrogens with one attached hydrogen (secondary N) is 2. The molecule has 6 heteroatoms. The van der Waals surface area contributed by atoms with E-state index >= 15 is 0 Å². The van der Waals surface area contributed by atoms with Gasteiger partial charge in [-0.15, -0.1) is 0 Å². The van der Waals surface area contributed by atoms with Gasteiger partial charge in [0.15, 0.2) is 0 Å². The van der Waals surface area contributed by atoms with E-state index in [-0.39, 0.29) is 24.2 Å². The first-order valence-corrected chi connectivity index (χ1v) is 8.05. The second kappa shape index (κ2) is 7.88. The van der Waals surface area contributed by atoms with Crippen LogP contribution in [0.2, 0.25) is 0 Å². The first kappa shape index (κ1) is 16.4. The molecule has 2 N–H and O–H groups in total. The van der Waals surface area contributed by atoms with E-state index in [1.807, 2.05) is 6.07 Å². The number of ether oxygens (including phenoxy) is 1. The lowest BCUT2D eigenvalue weighted by molar-refractivity contribution is -0.115. The van der Waals surface area contributed by atoms with E-state index in [1.54, 1.807) is 24.4 Å². The molecule has 1 fully saturated rings. The normalized spacial score (nSPS) is 16.8. The molecule has 1 aliphatic rings. The number of carbonyl (C=O) groups is 1. The molecule has 5 nitrogen and oxygen atoms in total. The predicted molar refractivity (Wildman–Crippen MR) is 90.4 cm³/mol. The molecule has 2 heterocycles. The Labute approximate surface area is 140 Å². The van der Waals surface area contributed by atoms with Crippen molar-refractivity contribution in [2.24, 2.45) is 0 Å². The standard InChI is InChI=1S/C18H20FN3O2/c19-14-4-1-3-13(9-14)10-18(23)22-15-6-7-17(20-11-15)21-12-16-5-2-8-24-16/h1,3-4,6-7,9,11,16H,2,5,8,10,12H2,(H,20,21)(H,22,23). The molecule has 3 rings (SSSR count). The molecule has 1 aromatic carbocycles. The Morgan fingerprint density at radius 3 is 2.96 bits per heavy atom. The van der Waals surface area contributed by atoms with E-state index in [1.165, 1.54) is 12.1 Å². The van der Waals surface area contributed by atoms with E-state index in [2.05, 4.69) is 15.6 Å². The molecule has 0 spiro atoms. The average molecular weight is 329 g/mol. The summed E-state index contributed by atoms with van der Waals surface area (Å²) in [5.41, 5.74) is 1.24. The fourth-order valence-corrected chi connectivity index (χ4v) is 2.63. The van der Waals surface area contributed by atoms with E-state index < -0.39 is 0 Å². The Kier molecular flexibility index (Phi) is 5.38. The zero-order valence-electron chi connectivity index (χ0n) is 13.3. The number of amides is 1. The van der Waals surface area contributed by atoms with Gasteiger partial charge in [0.05, 0.1) is 24.4 Å². The summed E-state index contributed by atoms with van der Waals surface area (Å²) in [6.45, 7) is 1.56. The van der Waals surface area contributed by atoms with Gasteiger partial charge in [0, 0.05) is 13.2 Å². The molecular formula is C18H20FN3O2. The van der Waals surface area contributed by atoms with Gasteiger partial charge in [-0.3, -0.25) is 4.79 Å². The Hall–Kier alpha value is -2.47. The summed E-state index contributed by atoms with van der Waals surface area (Å²) in [5.74, 6) is 0.194. The molecule has 1 aromatic heterocycles. The number of nitrogens with zero attached hydrogens (tertiary/aromatic N) is 1. The minimum Gasteiger partial charge on any atom is -0.376 e. The van der Waals surface area contributed by atoms with Crippen LogP contribution in [0.25, 0.3) is 0 Å². The lowest BCUT2D eigenvalue weighted by atomic mass is 10.1. The van der Waals surface area contributed by atoms with Crippen LogP contribution in [0.5, 0.6) is 0 Å². The van der Waals surface area contributed by atoms with Gasteiger partial charge in [0.2, 0.25) is 5.91 Å². The summed E-state index contributed by atoms with van der Waals surface area (Å²) in [6, 6.07) is 9.62. The number of pyridine rings is 1. The van der Waals surface area contributed by atoms with Crippen molar-refractivity contribution >= 4 is 17.4 Å². The largest absolute Gasteiger partial charge is 0.376 e. The van der Waals surface area contributed by atoms with Gasteiger partial charge in [0.25, 0.3) is 0 Å². The maximum absolute atomic E-state index is 13.1. The van der Waals surface area contributed by atoms with Crippen molar-refractivity contribution in [1.29, 1.82) is 0 Å². The third kappa shape index (κ3) is 4.76. The maximum atomic E-state index is 13.1. The molecule has 2 aromatic rings. The number of anilines is 2. The molecule has 24 heavy (non-hydrogen) atoms. The second-order valence-corrected chi connectivity index (χ2v) is 5.80. The van der Waals surface area contributed by atoms with Crippen LogP contribution in [-0.4, -0.2) is 30.1 Å². The molecule has 0 bridgehead atoms. The van der Waals surface area contributed by atoms with Crippen molar-refractivity contribution in [3.8, 4) is 0 Å². The van der Waals surface area contributed by atoms with Crippen LogP contribution in [0.4, 0.5) is 15.9 Å². The van der Waals surface area contributed by atoms with Crippen molar-refractivity contribution in [3.63, 3.8) is 0 Å². The van der Waals surface area contributed by atoms with Crippen LogP contribution < -0.4 is 10.6 Å². The molecule has 126 valence electrons. The van der Waals surface area contributed by atoms with Crippen molar-refractivity contribution in [2.45, 2.75) is 25.4 Å². The Morgan fingerprint density at radius 1 is 1.33 bits per heavy atom. The third-order valence-corrected chi connectivity index (χ3v) is 3.84. The van der Waals surface area contributed by atoms with Gasteiger partial charge < -0.3 is 15.4 Å². The van der Waals surface area contributed by atoms with Crippen molar-refractivity contribution < 1.29 is 13.9 Å². The highest BCUT2D eigenvalue weighted by molar-refractivity contribution is 5.92. The number of halogens is 1. The number of rotatable bonds is 6. The first-order chi connectivity index (χ1) is 11.7. The predicted octanol–water partition coefficient (Wildman–Crippen LogP) is 2.99. The molecule has 0 saturated carbocycles. The number of hydrogen-bond donors (Lipinski definition) is 2. The van der Waals surface area contributed by atoms with Crippen LogP contribution in [0, 0.1) is 5.82 Å². The summed E-state index contributed by atoms with van der Waals surface area (Å²) in [6.07, 6.45) is 4.15. The van der Waals surface area contributed by atoms with Crippen LogP contribution in [-0.2, 0) is 16.0 Å². The highest BCUT2D eigenvalue weighted by Gasteiger charge is 2.14. The number of aromatic nitrogens is 1. The summed E-state index contributed by atoms with van der Waals surface area (Å²) in [4.78, 5) is 16.3. The van der Waals surface area contributed by atoms with E-state index in [9.17, 15) is 9.18 Å². The van der Waals surface area contributed by atoms with Crippen LogP contribution in [0.3, 0.4) is 0 Å². The molecule has 0 aliphatic carbocycles. The monoisotopic (exact) mass is 329 g/mol. The Morgan fingerprint density at radius 2 is 2.25 bits per heavy atom. The minimum absolute atomic E-state index is 0.122. The SMILES string of the molecule is O=C(Cc1cccc(F)c1)Nc1ccc(NCC2CCCO2)nc1. The van der Waals surface area contributed by atoms with E-state index in [0.717, 1.165) is 31.8 Å². The van der Waals surface area contributed by atoms with Gasteiger partial charge in [0.1, 0.15) is 11.6 Å². The molecular weight excluding hydrogens is 309 g/mol. The summed E-state index contributed by atoms with van der Waals surface area (Å²) in [7, 11) is 0. The van der Waals surface area contributed by atoms with Crippen molar-refractivity contribution in [2.75, 3.05) is 23.8 Å². The topological polar surface area (TPSA) is 63.2 Å². The summed E-state index contributed by atoms with van der Waals surface area (Å²) >= 11 is 0. The fraction of sp³-hybridized carbons (Fsp3) is 0.333. The Bertz CT molecular complexity index is 685. The highest BCUT2D eigenvalue weighted by atomic mass is 19.1. The highest BCUT2D eigenvalue weighted by Crippen LogP contribution is 2.14.